The summed E-state index contributed by atoms with van der Waals surface area (Å²) >= 11 is 2.13. The van der Waals surface area contributed by atoms with Gasteiger partial charge in [0.2, 0.25) is 0 Å². The summed E-state index contributed by atoms with van der Waals surface area (Å²) in [6.45, 7) is 2.22. The van der Waals surface area contributed by atoms with Crippen molar-refractivity contribution in [2.45, 2.75) is 19.4 Å². The number of carboxylic acid groups (broad SMARTS) is 1. The van der Waals surface area contributed by atoms with E-state index < -0.39 is 11.9 Å². The van der Waals surface area contributed by atoms with Gasteiger partial charge in [-0.3, -0.25) is 9.59 Å². The van der Waals surface area contributed by atoms with Crippen LogP contribution in [-0.2, 0) is 11.3 Å². The first-order valence-electron chi connectivity index (χ1n) is 6.91. The predicted molar refractivity (Wildman–Crippen MR) is 92.2 cm³/mol. The van der Waals surface area contributed by atoms with Crippen molar-refractivity contribution in [3.63, 3.8) is 0 Å². The molecule has 1 aliphatic heterocycles. The van der Waals surface area contributed by atoms with E-state index in [2.05, 4.69) is 22.6 Å². The number of carboxylic acids is 1. The van der Waals surface area contributed by atoms with Crippen LogP contribution in [0.5, 0.6) is 0 Å². The summed E-state index contributed by atoms with van der Waals surface area (Å²) in [4.78, 5) is 25.3. The van der Waals surface area contributed by atoms with E-state index in [1.165, 1.54) is 0 Å². The van der Waals surface area contributed by atoms with E-state index in [0.717, 1.165) is 25.9 Å². The fraction of sp³-hybridized carbons (Fsp3) is 0.176. The number of amides is 1. The number of rotatable bonds is 3. The summed E-state index contributed by atoms with van der Waals surface area (Å²) < 4.78 is 0.855. The van der Waals surface area contributed by atoms with Crippen LogP contribution in [0.1, 0.15) is 34.3 Å². The number of benzene rings is 2. The van der Waals surface area contributed by atoms with Gasteiger partial charge in [0, 0.05) is 14.8 Å². The van der Waals surface area contributed by atoms with Crippen molar-refractivity contribution in [2.75, 3.05) is 4.90 Å². The number of hydrogen-bond acceptors (Lipinski definition) is 2. The van der Waals surface area contributed by atoms with Crippen molar-refractivity contribution in [1.82, 2.24) is 0 Å². The Morgan fingerprint density at radius 1 is 1.27 bits per heavy atom. The van der Waals surface area contributed by atoms with Gasteiger partial charge in [-0.15, -0.1) is 0 Å². The predicted octanol–water partition coefficient (Wildman–Crippen LogP) is 3.64. The number of carbonyl (C=O) groups excluding carboxylic acids is 1. The molecule has 0 aromatic heterocycles. The van der Waals surface area contributed by atoms with Gasteiger partial charge in [0.15, 0.2) is 0 Å². The second-order valence-corrected chi connectivity index (χ2v) is 6.48. The van der Waals surface area contributed by atoms with Crippen LogP contribution < -0.4 is 4.90 Å². The van der Waals surface area contributed by atoms with Gasteiger partial charge in [0.25, 0.3) is 5.91 Å². The Labute approximate surface area is 141 Å². The zero-order valence-electron chi connectivity index (χ0n) is 11.9. The number of carbonyl (C=O) groups is 2. The van der Waals surface area contributed by atoms with E-state index in [0.29, 0.717) is 6.54 Å². The molecule has 1 N–H and O–H groups in total. The molecular formula is C17H14INO3. The lowest BCUT2D eigenvalue weighted by Gasteiger charge is -2.18. The van der Waals surface area contributed by atoms with Crippen LogP contribution in [0, 0.1) is 3.57 Å². The first-order chi connectivity index (χ1) is 10.5. The van der Waals surface area contributed by atoms with Crippen molar-refractivity contribution in [2.24, 2.45) is 0 Å². The molecule has 0 saturated heterocycles. The van der Waals surface area contributed by atoms with Gasteiger partial charge in [0.05, 0.1) is 12.5 Å². The van der Waals surface area contributed by atoms with Crippen LogP contribution in [0.15, 0.2) is 42.5 Å². The minimum Gasteiger partial charge on any atom is -0.481 e. The van der Waals surface area contributed by atoms with E-state index in [1.807, 2.05) is 36.4 Å². The van der Waals surface area contributed by atoms with Gasteiger partial charge < -0.3 is 10.0 Å². The largest absolute Gasteiger partial charge is 0.481 e. The molecule has 0 fully saturated rings. The highest BCUT2D eigenvalue weighted by atomic mass is 127. The fourth-order valence-corrected chi connectivity index (χ4v) is 3.60. The van der Waals surface area contributed by atoms with Gasteiger partial charge in [0.1, 0.15) is 0 Å². The van der Waals surface area contributed by atoms with Gasteiger partial charge >= 0.3 is 5.97 Å². The van der Waals surface area contributed by atoms with Crippen LogP contribution in [0.4, 0.5) is 5.69 Å². The summed E-state index contributed by atoms with van der Waals surface area (Å²) in [7, 11) is 0. The van der Waals surface area contributed by atoms with E-state index >= 15 is 0 Å². The monoisotopic (exact) mass is 407 g/mol. The minimum atomic E-state index is -0.852. The highest BCUT2D eigenvalue weighted by Crippen LogP contribution is 2.31. The summed E-state index contributed by atoms with van der Waals surface area (Å²) in [5.74, 6) is -1.42. The van der Waals surface area contributed by atoms with Crippen molar-refractivity contribution in [3.8, 4) is 0 Å². The maximum Gasteiger partial charge on any atom is 0.310 e. The second-order valence-electron chi connectivity index (χ2n) is 5.31. The Kier molecular flexibility index (Phi) is 3.90. The SMILES string of the molecule is CC(C(=O)O)c1ccc(N2Cc3ccccc3C2=O)cc1I. The van der Waals surface area contributed by atoms with Gasteiger partial charge in [-0.2, -0.15) is 0 Å². The number of hydrogen-bond donors (Lipinski definition) is 1. The zero-order chi connectivity index (χ0) is 15.9. The minimum absolute atomic E-state index is 0.00886. The van der Waals surface area contributed by atoms with Crippen molar-refractivity contribution < 1.29 is 14.7 Å². The normalized spacial score (nSPS) is 14.8. The number of halogens is 1. The van der Waals surface area contributed by atoms with Crippen molar-refractivity contribution in [1.29, 1.82) is 0 Å². The third-order valence-electron chi connectivity index (χ3n) is 3.95. The Balaban J connectivity index is 1.93. The van der Waals surface area contributed by atoms with Crippen LogP contribution in [-0.4, -0.2) is 17.0 Å². The number of fused-ring (bicyclic) bond motifs is 1. The van der Waals surface area contributed by atoms with Crippen LogP contribution in [0.3, 0.4) is 0 Å². The zero-order valence-corrected chi connectivity index (χ0v) is 14.1. The molecule has 1 amide bonds. The summed E-state index contributed by atoms with van der Waals surface area (Å²) in [5, 5.41) is 9.13. The van der Waals surface area contributed by atoms with Gasteiger partial charge in [-0.1, -0.05) is 24.3 Å². The number of nitrogens with zero attached hydrogens (tertiary/aromatic N) is 1. The first-order valence-corrected chi connectivity index (χ1v) is 7.99. The average molecular weight is 407 g/mol. The third-order valence-corrected chi connectivity index (χ3v) is 4.89. The Morgan fingerprint density at radius 3 is 2.64 bits per heavy atom. The highest BCUT2D eigenvalue weighted by Gasteiger charge is 2.28. The molecule has 1 heterocycles. The van der Waals surface area contributed by atoms with Crippen molar-refractivity contribution in [3.05, 3.63) is 62.7 Å². The molecule has 5 heteroatoms. The maximum absolute atomic E-state index is 12.5. The molecule has 0 saturated carbocycles. The summed E-state index contributed by atoms with van der Waals surface area (Å²) in [6.07, 6.45) is 0. The van der Waals surface area contributed by atoms with Crippen LogP contribution in [0.25, 0.3) is 0 Å². The molecule has 3 rings (SSSR count). The number of anilines is 1. The average Bonchev–Trinajstić information content (AvgIpc) is 2.84. The number of aliphatic carboxylic acids is 1. The maximum atomic E-state index is 12.5. The van der Waals surface area contributed by atoms with Crippen LogP contribution >= 0.6 is 22.6 Å². The Bertz CT molecular complexity index is 772. The quantitative estimate of drug-likeness (QED) is 0.791. The van der Waals surface area contributed by atoms with Gasteiger partial charge in [-0.25, -0.2) is 0 Å². The molecule has 112 valence electrons. The molecule has 1 atom stereocenters. The molecule has 0 radical (unpaired) electrons. The molecule has 0 spiro atoms. The van der Waals surface area contributed by atoms with Crippen LogP contribution in [0.2, 0.25) is 0 Å². The third kappa shape index (κ3) is 2.49. The molecule has 0 bridgehead atoms. The lowest BCUT2D eigenvalue weighted by molar-refractivity contribution is -0.138. The summed E-state index contributed by atoms with van der Waals surface area (Å²) in [5.41, 5.74) is 3.32. The fourth-order valence-electron chi connectivity index (χ4n) is 2.63. The topological polar surface area (TPSA) is 57.6 Å². The molecule has 1 unspecified atom stereocenters. The molecule has 22 heavy (non-hydrogen) atoms. The first kappa shape index (κ1) is 15.0. The smallest absolute Gasteiger partial charge is 0.310 e. The van der Waals surface area contributed by atoms with E-state index in [1.54, 1.807) is 17.9 Å². The highest BCUT2D eigenvalue weighted by molar-refractivity contribution is 14.1. The van der Waals surface area contributed by atoms with Gasteiger partial charge in [-0.05, 0) is 58.8 Å². The second kappa shape index (κ2) is 5.72. The Hall–Kier alpha value is -1.89. The molecule has 0 aliphatic carbocycles. The van der Waals surface area contributed by atoms with E-state index in [4.69, 9.17) is 5.11 Å². The van der Waals surface area contributed by atoms with Crippen molar-refractivity contribution >= 4 is 40.2 Å². The van der Waals surface area contributed by atoms with E-state index in [9.17, 15) is 9.59 Å². The standard InChI is InChI=1S/C17H14INO3/c1-10(17(21)22)13-7-6-12(8-15(13)18)19-9-11-4-2-3-5-14(11)16(19)20/h2-8,10H,9H2,1H3,(H,21,22). The van der Waals surface area contributed by atoms with E-state index in [-0.39, 0.29) is 5.91 Å². The molecule has 2 aromatic carbocycles. The summed E-state index contributed by atoms with van der Waals surface area (Å²) in [6, 6.07) is 13.1. The molecule has 4 nitrogen and oxygen atoms in total. The lowest BCUT2D eigenvalue weighted by Crippen LogP contribution is -2.23. The molecular weight excluding hydrogens is 393 g/mol. The molecule has 2 aromatic rings. The lowest BCUT2D eigenvalue weighted by atomic mass is 10.0. The molecule has 1 aliphatic rings. The Morgan fingerprint density at radius 2 is 2.00 bits per heavy atom.